The van der Waals surface area contributed by atoms with Crippen LogP contribution in [0.5, 0.6) is 0 Å². The van der Waals surface area contributed by atoms with E-state index in [9.17, 15) is 9.18 Å². The predicted octanol–water partition coefficient (Wildman–Crippen LogP) is 7.72. The maximum absolute atomic E-state index is 13.4. The molecule has 0 aliphatic carbocycles. The molecule has 0 unspecified atom stereocenters. The van der Waals surface area contributed by atoms with E-state index in [1.165, 1.54) is 17.7 Å². The number of benzene rings is 3. The fraction of sp³-hybridized carbons (Fsp3) is 0.0968. The van der Waals surface area contributed by atoms with Crippen molar-refractivity contribution in [3.05, 3.63) is 114 Å². The van der Waals surface area contributed by atoms with Gasteiger partial charge in [0.15, 0.2) is 0 Å². The monoisotopic (exact) mass is 520 g/mol. The molecule has 0 saturated heterocycles. The summed E-state index contributed by atoms with van der Waals surface area (Å²) >= 11 is 0. The molecule has 0 bridgehead atoms. The van der Waals surface area contributed by atoms with Gasteiger partial charge in [-0.15, -0.1) is 0 Å². The molecule has 39 heavy (non-hydrogen) atoms. The minimum atomic E-state index is -0.257. The smallest absolute Gasteiger partial charge is 0.211 e. The van der Waals surface area contributed by atoms with Gasteiger partial charge in [0, 0.05) is 46.2 Å². The molecule has 0 fully saturated rings. The Labute approximate surface area is 227 Å². The molecule has 0 aliphatic heterocycles. The van der Waals surface area contributed by atoms with Crippen molar-refractivity contribution < 1.29 is 9.18 Å². The standard InChI is InChI=1S/C16H13FN2.C13H10N4O.C2H6/c1-11-3-2-4-13(9-11)19-16-7-8-18-15-6-5-12(17)10-14(15)16;14-8-13-7-12(4-5-15-13)17-11-3-1-2-10(6-11)16-9-18;1-2/h2-10H,1H3,(H,18,19);1-7,9H,(H,15,17)(H,16,18);1-2H3. The Hall–Kier alpha value is -5.29. The Morgan fingerprint density at radius 2 is 1.49 bits per heavy atom. The number of pyridine rings is 2. The van der Waals surface area contributed by atoms with Crippen LogP contribution >= 0.6 is 0 Å². The molecule has 1 amide bonds. The number of hydrogen-bond acceptors (Lipinski definition) is 6. The topological polar surface area (TPSA) is 103 Å². The van der Waals surface area contributed by atoms with E-state index in [0.29, 0.717) is 17.8 Å². The molecule has 3 aromatic carbocycles. The van der Waals surface area contributed by atoms with Crippen LogP contribution < -0.4 is 16.0 Å². The van der Waals surface area contributed by atoms with E-state index < -0.39 is 0 Å². The Bertz CT molecular complexity index is 1580. The quantitative estimate of drug-likeness (QED) is 0.198. The van der Waals surface area contributed by atoms with Gasteiger partial charge >= 0.3 is 0 Å². The highest BCUT2D eigenvalue weighted by atomic mass is 19.1. The molecule has 5 aromatic rings. The first-order valence-electron chi connectivity index (χ1n) is 12.4. The Kier molecular flexibility index (Phi) is 10.5. The zero-order chi connectivity index (χ0) is 28.0. The van der Waals surface area contributed by atoms with Gasteiger partial charge in [0.2, 0.25) is 6.41 Å². The molecule has 0 saturated carbocycles. The van der Waals surface area contributed by atoms with Crippen molar-refractivity contribution >= 4 is 45.7 Å². The van der Waals surface area contributed by atoms with Gasteiger partial charge in [-0.05, 0) is 79.2 Å². The lowest BCUT2D eigenvalue weighted by molar-refractivity contribution is -0.105. The lowest BCUT2D eigenvalue weighted by Gasteiger charge is -2.10. The summed E-state index contributed by atoms with van der Waals surface area (Å²) in [5.74, 6) is -0.257. The summed E-state index contributed by atoms with van der Waals surface area (Å²) in [6.45, 7) is 6.04. The molecular formula is C31H29FN6O. The lowest BCUT2D eigenvalue weighted by Crippen LogP contribution is -1.96. The zero-order valence-corrected chi connectivity index (χ0v) is 21.9. The van der Waals surface area contributed by atoms with E-state index in [1.54, 1.807) is 42.7 Å². The lowest BCUT2D eigenvalue weighted by atomic mass is 10.1. The van der Waals surface area contributed by atoms with E-state index in [-0.39, 0.29) is 5.82 Å². The summed E-state index contributed by atoms with van der Waals surface area (Å²) in [5, 5.41) is 18.5. The number of carbonyl (C=O) groups excluding carboxylic acids is 1. The third kappa shape index (κ3) is 8.37. The van der Waals surface area contributed by atoms with Gasteiger partial charge in [0.1, 0.15) is 17.6 Å². The third-order valence-electron chi connectivity index (χ3n) is 5.25. The van der Waals surface area contributed by atoms with Crippen molar-refractivity contribution in [2.45, 2.75) is 20.8 Å². The van der Waals surface area contributed by atoms with E-state index in [2.05, 4.69) is 25.9 Å². The molecule has 2 heterocycles. The van der Waals surface area contributed by atoms with E-state index >= 15 is 0 Å². The van der Waals surface area contributed by atoms with Crippen LogP contribution in [-0.2, 0) is 4.79 Å². The van der Waals surface area contributed by atoms with Crippen LogP contribution in [0.3, 0.4) is 0 Å². The number of nitrogens with one attached hydrogen (secondary N) is 3. The molecule has 2 aromatic heterocycles. The van der Waals surface area contributed by atoms with Crippen LogP contribution in [0, 0.1) is 24.1 Å². The minimum absolute atomic E-state index is 0.257. The van der Waals surface area contributed by atoms with Crippen LogP contribution in [0.15, 0.2) is 97.3 Å². The van der Waals surface area contributed by atoms with Gasteiger partial charge < -0.3 is 16.0 Å². The molecule has 0 aliphatic rings. The van der Waals surface area contributed by atoms with Crippen molar-refractivity contribution in [1.82, 2.24) is 9.97 Å². The maximum Gasteiger partial charge on any atom is 0.211 e. The van der Waals surface area contributed by atoms with Crippen molar-refractivity contribution in [2.24, 2.45) is 0 Å². The number of rotatable bonds is 6. The summed E-state index contributed by atoms with van der Waals surface area (Å²) < 4.78 is 13.4. The van der Waals surface area contributed by atoms with Crippen LogP contribution in [-0.4, -0.2) is 16.4 Å². The third-order valence-corrected chi connectivity index (χ3v) is 5.25. The normalized spacial score (nSPS) is 9.62. The molecule has 0 atom stereocenters. The average molecular weight is 521 g/mol. The first-order valence-corrected chi connectivity index (χ1v) is 12.4. The minimum Gasteiger partial charge on any atom is -0.355 e. The van der Waals surface area contributed by atoms with Gasteiger partial charge in [-0.1, -0.05) is 32.0 Å². The predicted molar refractivity (Wildman–Crippen MR) is 156 cm³/mol. The van der Waals surface area contributed by atoms with Gasteiger partial charge in [-0.2, -0.15) is 5.26 Å². The first-order chi connectivity index (χ1) is 19.0. The first kappa shape index (κ1) is 28.3. The summed E-state index contributed by atoms with van der Waals surface area (Å²) in [7, 11) is 0. The molecule has 0 radical (unpaired) electrons. The number of halogens is 1. The van der Waals surface area contributed by atoms with Crippen molar-refractivity contribution in [2.75, 3.05) is 16.0 Å². The fourth-order valence-electron chi connectivity index (χ4n) is 3.60. The highest BCUT2D eigenvalue weighted by Gasteiger charge is 2.04. The second-order valence-corrected chi connectivity index (χ2v) is 8.02. The van der Waals surface area contributed by atoms with E-state index in [4.69, 9.17) is 5.26 Å². The molecule has 7 nitrogen and oxygen atoms in total. The van der Waals surface area contributed by atoms with E-state index in [1.807, 2.05) is 69.3 Å². The summed E-state index contributed by atoms with van der Waals surface area (Å²) in [6, 6.07) is 27.2. The van der Waals surface area contributed by atoms with Crippen LogP contribution in [0.4, 0.5) is 32.8 Å². The average Bonchev–Trinajstić information content (AvgIpc) is 2.95. The second kappa shape index (κ2) is 14.4. The van der Waals surface area contributed by atoms with Gasteiger partial charge in [-0.3, -0.25) is 9.78 Å². The van der Waals surface area contributed by atoms with Gasteiger partial charge in [0.25, 0.3) is 0 Å². The Morgan fingerprint density at radius 1 is 0.795 bits per heavy atom. The molecule has 3 N–H and O–H groups in total. The number of hydrogen-bond donors (Lipinski definition) is 3. The van der Waals surface area contributed by atoms with E-state index in [0.717, 1.165) is 33.7 Å². The molecule has 0 spiro atoms. The highest BCUT2D eigenvalue weighted by molar-refractivity contribution is 5.92. The second-order valence-electron chi connectivity index (χ2n) is 8.02. The molecular weight excluding hydrogens is 491 g/mol. The number of amides is 1. The van der Waals surface area contributed by atoms with Crippen molar-refractivity contribution in [3.63, 3.8) is 0 Å². The Morgan fingerprint density at radius 3 is 2.23 bits per heavy atom. The summed E-state index contributed by atoms with van der Waals surface area (Å²) in [5.41, 5.74) is 6.42. The number of aromatic nitrogens is 2. The summed E-state index contributed by atoms with van der Waals surface area (Å²) in [4.78, 5) is 18.5. The van der Waals surface area contributed by atoms with Gasteiger partial charge in [0.05, 0.1) is 5.52 Å². The van der Waals surface area contributed by atoms with Gasteiger partial charge in [-0.25, -0.2) is 9.37 Å². The number of nitrogens with zero attached hydrogens (tertiary/aromatic N) is 3. The maximum atomic E-state index is 13.4. The fourth-order valence-corrected chi connectivity index (χ4v) is 3.60. The van der Waals surface area contributed by atoms with Crippen LogP contribution in [0.1, 0.15) is 25.1 Å². The Balaban J connectivity index is 0.000000203. The van der Waals surface area contributed by atoms with Crippen LogP contribution in [0.25, 0.3) is 10.9 Å². The summed E-state index contributed by atoms with van der Waals surface area (Å²) in [6.07, 6.45) is 3.91. The number of fused-ring (bicyclic) bond motifs is 1. The number of carbonyl (C=O) groups is 1. The number of anilines is 5. The molecule has 8 heteroatoms. The highest BCUT2D eigenvalue weighted by Crippen LogP contribution is 2.26. The zero-order valence-electron chi connectivity index (χ0n) is 21.9. The largest absolute Gasteiger partial charge is 0.355 e. The van der Waals surface area contributed by atoms with Crippen molar-refractivity contribution in [1.29, 1.82) is 5.26 Å². The molecule has 196 valence electrons. The number of aryl methyl sites for hydroxylation is 1. The number of nitriles is 1. The SMILES string of the molecule is CC.Cc1cccc(Nc2ccnc3ccc(F)cc23)c1.N#Cc1cc(Nc2cccc(NC=O)c2)ccn1. The molecule has 5 rings (SSSR count). The van der Waals surface area contributed by atoms with Crippen LogP contribution in [0.2, 0.25) is 0 Å². The van der Waals surface area contributed by atoms with Crippen molar-refractivity contribution in [3.8, 4) is 6.07 Å².